The molecule has 0 amide bonds. The SMILES string of the molecule is [CH2]Cc1cccc(C(O)(C(F)(F)F)C(F)(F)F)n1. The molecule has 18 heavy (non-hydrogen) atoms. The summed E-state index contributed by atoms with van der Waals surface area (Å²) >= 11 is 0. The van der Waals surface area contributed by atoms with E-state index in [4.69, 9.17) is 5.11 Å². The van der Waals surface area contributed by atoms with Crippen molar-refractivity contribution in [2.24, 2.45) is 0 Å². The van der Waals surface area contributed by atoms with Gasteiger partial charge in [0.15, 0.2) is 0 Å². The van der Waals surface area contributed by atoms with Gasteiger partial charge in [0.05, 0.1) is 5.69 Å². The lowest BCUT2D eigenvalue weighted by Crippen LogP contribution is -2.54. The summed E-state index contributed by atoms with van der Waals surface area (Å²) in [4.78, 5) is 3.14. The van der Waals surface area contributed by atoms with Gasteiger partial charge in [0.1, 0.15) is 0 Å². The van der Waals surface area contributed by atoms with Crippen LogP contribution in [0.5, 0.6) is 0 Å². The van der Waals surface area contributed by atoms with Crippen LogP contribution in [0.1, 0.15) is 11.4 Å². The number of hydrogen-bond donors (Lipinski definition) is 1. The minimum atomic E-state index is -5.92. The number of halogens is 6. The number of alkyl halides is 6. The van der Waals surface area contributed by atoms with Crippen molar-refractivity contribution in [3.05, 3.63) is 36.5 Å². The van der Waals surface area contributed by atoms with E-state index in [1.165, 1.54) is 6.07 Å². The fraction of sp³-hybridized carbons (Fsp3) is 0.400. The molecule has 0 saturated carbocycles. The van der Waals surface area contributed by atoms with E-state index in [9.17, 15) is 26.3 Å². The highest BCUT2D eigenvalue weighted by Crippen LogP contribution is 2.49. The van der Waals surface area contributed by atoms with Crippen molar-refractivity contribution in [3.63, 3.8) is 0 Å². The predicted molar refractivity (Wildman–Crippen MR) is 49.3 cm³/mol. The van der Waals surface area contributed by atoms with Crippen LogP contribution in [-0.4, -0.2) is 22.4 Å². The topological polar surface area (TPSA) is 33.1 Å². The Bertz CT molecular complexity index is 411. The van der Waals surface area contributed by atoms with Gasteiger partial charge in [-0.1, -0.05) is 6.07 Å². The van der Waals surface area contributed by atoms with Crippen LogP contribution in [-0.2, 0) is 12.0 Å². The van der Waals surface area contributed by atoms with E-state index in [-0.39, 0.29) is 12.1 Å². The highest BCUT2D eigenvalue weighted by Gasteiger charge is 2.72. The zero-order chi connectivity index (χ0) is 14.2. The summed E-state index contributed by atoms with van der Waals surface area (Å²) in [5.74, 6) is 0. The van der Waals surface area contributed by atoms with Gasteiger partial charge in [-0.05, 0) is 25.5 Å². The zero-order valence-corrected chi connectivity index (χ0v) is 8.81. The number of nitrogens with zero attached hydrogens (tertiary/aromatic N) is 1. The predicted octanol–water partition coefficient (Wildman–Crippen LogP) is 2.77. The van der Waals surface area contributed by atoms with Gasteiger partial charge in [-0.2, -0.15) is 26.3 Å². The highest BCUT2D eigenvalue weighted by atomic mass is 19.4. The standard InChI is InChI=1S/C10H8F6NO/c1-2-6-4-3-5-7(17-6)8(18,9(11,12)13)10(14,15)16/h3-5,18H,1-2H2. The molecule has 1 heterocycles. The maximum atomic E-state index is 12.5. The zero-order valence-electron chi connectivity index (χ0n) is 8.81. The molecule has 101 valence electrons. The Hall–Kier alpha value is -1.31. The summed E-state index contributed by atoms with van der Waals surface area (Å²) < 4.78 is 75.0. The molecule has 0 fully saturated rings. The van der Waals surface area contributed by atoms with Crippen LogP contribution in [0, 0.1) is 6.92 Å². The second-order valence-electron chi connectivity index (χ2n) is 3.47. The first kappa shape index (κ1) is 14.7. The van der Waals surface area contributed by atoms with Crippen molar-refractivity contribution in [2.75, 3.05) is 0 Å². The van der Waals surface area contributed by atoms with Crippen LogP contribution in [0.3, 0.4) is 0 Å². The van der Waals surface area contributed by atoms with Crippen LogP contribution < -0.4 is 0 Å². The van der Waals surface area contributed by atoms with Gasteiger partial charge < -0.3 is 5.11 Å². The van der Waals surface area contributed by atoms with Gasteiger partial charge in [0, 0.05) is 5.69 Å². The lowest BCUT2D eigenvalue weighted by atomic mass is 9.97. The van der Waals surface area contributed by atoms with E-state index in [2.05, 4.69) is 11.9 Å². The Kier molecular flexibility index (Phi) is 3.62. The molecule has 0 bridgehead atoms. The molecule has 0 aliphatic heterocycles. The molecule has 0 aliphatic carbocycles. The summed E-state index contributed by atoms with van der Waals surface area (Å²) in [5.41, 5.74) is -6.58. The molecule has 1 rings (SSSR count). The average molecular weight is 272 g/mol. The summed E-state index contributed by atoms with van der Waals surface area (Å²) in [5, 5.41) is 9.04. The summed E-state index contributed by atoms with van der Waals surface area (Å²) in [6.07, 6.45) is -11.9. The van der Waals surface area contributed by atoms with Gasteiger partial charge in [0.25, 0.3) is 5.60 Å². The molecule has 1 aromatic rings. The van der Waals surface area contributed by atoms with Crippen molar-refractivity contribution >= 4 is 0 Å². The Morgan fingerprint density at radius 2 is 1.56 bits per heavy atom. The lowest BCUT2D eigenvalue weighted by Gasteiger charge is -2.31. The first-order valence-electron chi connectivity index (χ1n) is 4.65. The van der Waals surface area contributed by atoms with Crippen molar-refractivity contribution < 1.29 is 31.4 Å². The molecule has 1 aromatic heterocycles. The van der Waals surface area contributed by atoms with E-state index in [0.717, 1.165) is 6.07 Å². The molecular formula is C10H8F6NO. The quantitative estimate of drug-likeness (QED) is 0.840. The maximum Gasteiger partial charge on any atom is 0.432 e. The van der Waals surface area contributed by atoms with Crippen molar-refractivity contribution in [1.82, 2.24) is 4.98 Å². The Labute approximate surface area is 98.3 Å². The van der Waals surface area contributed by atoms with Gasteiger partial charge in [-0.15, -0.1) is 0 Å². The molecule has 8 heteroatoms. The summed E-state index contributed by atoms with van der Waals surface area (Å²) in [7, 11) is 0. The number of hydrogen-bond acceptors (Lipinski definition) is 2. The Morgan fingerprint density at radius 1 is 1.06 bits per heavy atom. The minimum absolute atomic E-state index is 0.0839. The molecule has 1 N–H and O–H groups in total. The van der Waals surface area contributed by atoms with Gasteiger partial charge >= 0.3 is 12.4 Å². The van der Waals surface area contributed by atoms with E-state index in [1.54, 1.807) is 0 Å². The molecule has 0 spiro atoms. The molecule has 0 aromatic carbocycles. The third-order valence-electron chi connectivity index (χ3n) is 2.25. The Morgan fingerprint density at radius 3 is 1.94 bits per heavy atom. The van der Waals surface area contributed by atoms with E-state index in [0.29, 0.717) is 6.07 Å². The van der Waals surface area contributed by atoms with E-state index < -0.39 is 23.6 Å². The first-order valence-corrected chi connectivity index (χ1v) is 4.65. The van der Waals surface area contributed by atoms with Crippen molar-refractivity contribution in [2.45, 2.75) is 24.4 Å². The molecule has 2 nitrogen and oxygen atoms in total. The van der Waals surface area contributed by atoms with Crippen LogP contribution in [0.4, 0.5) is 26.3 Å². The second kappa shape index (κ2) is 4.42. The van der Waals surface area contributed by atoms with Crippen molar-refractivity contribution in [3.8, 4) is 0 Å². The number of aromatic nitrogens is 1. The summed E-state index contributed by atoms with van der Waals surface area (Å²) in [6, 6.07) is 2.63. The second-order valence-corrected chi connectivity index (χ2v) is 3.47. The monoisotopic (exact) mass is 272 g/mol. The molecule has 0 atom stereocenters. The van der Waals surface area contributed by atoms with Gasteiger partial charge in [0.2, 0.25) is 0 Å². The molecule has 0 aliphatic rings. The van der Waals surface area contributed by atoms with Gasteiger partial charge in [-0.25, -0.2) is 0 Å². The fourth-order valence-electron chi connectivity index (χ4n) is 1.27. The van der Waals surface area contributed by atoms with Crippen LogP contribution in [0.2, 0.25) is 0 Å². The van der Waals surface area contributed by atoms with Crippen LogP contribution in [0.15, 0.2) is 18.2 Å². The fourth-order valence-corrected chi connectivity index (χ4v) is 1.27. The maximum absolute atomic E-state index is 12.5. The number of aliphatic hydroxyl groups is 1. The third kappa shape index (κ3) is 2.29. The van der Waals surface area contributed by atoms with E-state index >= 15 is 0 Å². The molecule has 0 unspecified atom stereocenters. The first-order chi connectivity index (χ1) is 8.04. The Balaban J connectivity index is 3.45. The minimum Gasteiger partial charge on any atom is -0.368 e. The number of pyridine rings is 1. The van der Waals surface area contributed by atoms with Crippen LogP contribution >= 0.6 is 0 Å². The van der Waals surface area contributed by atoms with Crippen molar-refractivity contribution in [1.29, 1.82) is 0 Å². The molecule has 1 radical (unpaired) electrons. The smallest absolute Gasteiger partial charge is 0.368 e. The normalized spacial score (nSPS) is 13.8. The molecule has 0 saturated heterocycles. The average Bonchev–Trinajstić information content (AvgIpc) is 2.25. The largest absolute Gasteiger partial charge is 0.432 e. The lowest BCUT2D eigenvalue weighted by molar-refractivity contribution is -0.377. The number of rotatable bonds is 2. The van der Waals surface area contributed by atoms with Gasteiger partial charge in [-0.3, -0.25) is 4.98 Å². The third-order valence-corrected chi connectivity index (χ3v) is 2.25. The van der Waals surface area contributed by atoms with E-state index in [1.807, 2.05) is 0 Å². The molecular weight excluding hydrogens is 264 g/mol. The highest BCUT2D eigenvalue weighted by molar-refractivity contribution is 5.21. The van der Waals surface area contributed by atoms with Crippen LogP contribution in [0.25, 0.3) is 0 Å². The summed E-state index contributed by atoms with van der Waals surface area (Å²) in [6.45, 7) is 3.30.